The van der Waals surface area contributed by atoms with E-state index < -0.39 is 23.2 Å². The van der Waals surface area contributed by atoms with Gasteiger partial charge in [-0.3, -0.25) is 19.7 Å². The number of ketones is 1. The molecule has 7 N–H and O–H groups in total. The summed E-state index contributed by atoms with van der Waals surface area (Å²) in [5.74, 6) is -4.06. The molecule has 31 heavy (non-hydrogen) atoms. The monoisotopic (exact) mass is 429 g/mol. The first-order chi connectivity index (χ1) is 14.6. The minimum Gasteiger partial charge on any atom is -0.504 e. The summed E-state index contributed by atoms with van der Waals surface area (Å²) >= 11 is 0. The Morgan fingerprint density at radius 1 is 1.10 bits per heavy atom. The predicted molar refractivity (Wildman–Crippen MR) is 105 cm³/mol. The number of aromatic hydroxyl groups is 3. The van der Waals surface area contributed by atoms with Gasteiger partial charge in [-0.15, -0.1) is 0 Å². The van der Waals surface area contributed by atoms with Gasteiger partial charge < -0.3 is 31.1 Å². The number of hydrogen-bond donors (Lipinski definition) is 6. The van der Waals surface area contributed by atoms with Crippen molar-refractivity contribution in [2.45, 2.75) is 18.9 Å². The number of piperidine rings is 1. The molecule has 2 heterocycles. The van der Waals surface area contributed by atoms with E-state index in [9.17, 15) is 19.2 Å². The Kier molecular flexibility index (Phi) is 5.68. The van der Waals surface area contributed by atoms with Crippen LogP contribution in [-0.2, 0) is 14.4 Å². The van der Waals surface area contributed by atoms with E-state index in [1.165, 1.54) is 6.08 Å². The fourth-order valence-electron chi connectivity index (χ4n) is 3.29. The number of carboxylic acid groups (broad SMARTS) is 1. The van der Waals surface area contributed by atoms with Crippen molar-refractivity contribution < 1.29 is 39.6 Å². The zero-order chi connectivity index (χ0) is 22.9. The van der Waals surface area contributed by atoms with Gasteiger partial charge in [0.15, 0.2) is 17.2 Å². The lowest BCUT2D eigenvalue weighted by molar-refractivity contribution is -0.136. The van der Waals surface area contributed by atoms with Crippen molar-refractivity contribution in [2.24, 2.45) is 5.73 Å². The Bertz CT molecular complexity index is 1060. The molecule has 1 aliphatic carbocycles. The average molecular weight is 429 g/mol. The molecule has 1 unspecified atom stereocenters. The second kappa shape index (κ2) is 8.22. The number of allylic oxidation sites excluding steroid dienone is 2. The number of carbonyl (C=O) groups is 4. The van der Waals surface area contributed by atoms with Crippen molar-refractivity contribution in [3.8, 4) is 17.2 Å². The standard InChI is InChI=1S/C13H13N3O3.C7H6O5/c14-12-8-6-16(5-7(8)1-3-10(12)17)9-2-4-11(18)15-13(9)19;8-4-1-3(7(11)12)2-5(9)6(4)10/h1,3,5,9H,2,4,6,14H2,(H,15,18,19);1-2,8-10H,(H,11,12). The van der Waals surface area contributed by atoms with E-state index in [0.29, 0.717) is 19.4 Å². The van der Waals surface area contributed by atoms with Crippen molar-refractivity contribution in [1.29, 1.82) is 0 Å². The fourth-order valence-corrected chi connectivity index (χ4v) is 3.29. The number of fused-ring (bicyclic) bond motifs is 1. The lowest BCUT2D eigenvalue weighted by Gasteiger charge is -2.29. The van der Waals surface area contributed by atoms with Crippen LogP contribution in [0.4, 0.5) is 0 Å². The van der Waals surface area contributed by atoms with Gasteiger partial charge in [0, 0.05) is 24.7 Å². The number of phenolic OH excluding ortho intramolecular Hbond substituents is 3. The van der Waals surface area contributed by atoms with Gasteiger partial charge in [0.05, 0.1) is 11.3 Å². The van der Waals surface area contributed by atoms with E-state index in [1.54, 1.807) is 6.08 Å². The minimum atomic E-state index is -1.29. The highest BCUT2D eigenvalue weighted by Crippen LogP contribution is 2.35. The van der Waals surface area contributed by atoms with E-state index in [4.69, 9.17) is 26.2 Å². The Balaban J connectivity index is 0.000000196. The number of carboxylic acids is 1. The smallest absolute Gasteiger partial charge is 0.335 e. The van der Waals surface area contributed by atoms with Crippen molar-refractivity contribution in [3.63, 3.8) is 0 Å². The Morgan fingerprint density at radius 3 is 2.32 bits per heavy atom. The molecule has 4 rings (SSSR count). The van der Waals surface area contributed by atoms with Gasteiger partial charge in [0.1, 0.15) is 6.04 Å². The molecule has 11 heteroatoms. The van der Waals surface area contributed by atoms with E-state index in [0.717, 1.165) is 23.3 Å². The van der Waals surface area contributed by atoms with Crippen LogP contribution >= 0.6 is 0 Å². The first kappa shape index (κ1) is 21.4. The highest BCUT2D eigenvalue weighted by Gasteiger charge is 2.35. The summed E-state index contributed by atoms with van der Waals surface area (Å²) in [6, 6.07) is 1.31. The molecule has 0 spiro atoms. The molecule has 1 aromatic carbocycles. The Labute approximate surface area is 175 Å². The van der Waals surface area contributed by atoms with Gasteiger partial charge in [0.2, 0.25) is 17.6 Å². The van der Waals surface area contributed by atoms with Gasteiger partial charge in [-0.1, -0.05) is 0 Å². The number of nitrogens with two attached hydrogens (primary N) is 1. The number of aromatic carboxylic acids is 1. The molecular formula is C20H19N3O8. The molecule has 3 aliphatic rings. The van der Waals surface area contributed by atoms with Crippen LogP contribution in [0.15, 0.2) is 47.3 Å². The molecule has 1 aromatic rings. The van der Waals surface area contributed by atoms with Crippen LogP contribution in [0.25, 0.3) is 0 Å². The van der Waals surface area contributed by atoms with Gasteiger partial charge in [-0.25, -0.2) is 4.79 Å². The zero-order valence-corrected chi connectivity index (χ0v) is 16.0. The van der Waals surface area contributed by atoms with E-state index >= 15 is 0 Å². The first-order valence-corrected chi connectivity index (χ1v) is 9.09. The number of nitrogens with one attached hydrogen (secondary N) is 1. The Morgan fingerprint density at radius 2 is 1.74 bits per heavy atom. The molecule has 1 saturated heterocycles. The maximum atomic E-state index is 11.8. The van der Waals surface area contributed by atoms with Crippen LogP contribution in [0.2, 0.25) is 0 Å². The van der Waals surface area contributed by atoms with Gasteiger partial charge in [-0.2, -0.15) is 0 Å². The molecule has 1 fully saturated rings. The van der Waals surface area contributed by atoms with E-state index in [-0.39, 0.29) is 34.9 Å². The van der Waals surface area contributed by atoms with Crippen LogP contribution in [0.5, 0.6) is 17.2 Å². The third-order valence-corrected chi connectivity index (χ3v) is 4.93. The molecule has 11 nitrogen and oxygen atoms in total. The van der Waals surface area contributed by atoms with Crippen molar-refractivity contribution in [2.75, 3.05) is 6.54 Å². The maximum Gasteiger partial charge on any atom is 0.335 e. The summed E-state index contributed by atoms with van der Waals surface area (Å²) in [6.45, 7) is 0.434. The zero-order valence-electron chi connectivity index (χ0n) is 16.0. The predicted octanol–water partition coefficient (Wildman–Crippen LogP) is -0.156. The number of nitrogens with zero attached hydrogens (tertiary/aromatic N) is 1. The second-order valence-electron chi connectivity index (χ2n) is 6.98. The number of carbonyl (C=O) groups excluding carboxylic acids is 3. The normalized spacial score (nSPS) is 20.0. The topological polar surface area (TPSA) is 190 Å². The quantitative estimate of drug-likeness (QED) is 0.272. The summed E-state index contributed by atoms with van der Waals surface area (Å²) in [5.41, 5.74) is 7.34. The molecule has 162 valence electrons. The number of benzene rings is 1. The van der Waals surface area contributed by atoms with E-state index in [2.05, 4.69) is 5.32 Å². The fraction of sp³-hybridized carbons (Fsp3) is 0.200. The molecule has 0 saturated carbocycles. The highest BCUT2D eigenvalue weighted by molar-refractivity contribution is 6.06. The summed E-state index contributed by atoms with van der Waals surface area (Å²) in [4.78, 5) is 46.6. The molecule has 0 aromatic heterocycles. The van der Waals surface area contributed by atoms with Crippen LogP contribution in [0, 0.1) is 0 Å². The second-order valence-corrected chi connectivity index (χ2v) is 6.98. The first-order valence-electron chi connectivity index (χ1n) is 9.09. The number of hydrogen-bond acceptors (Lipinski definition) is 9. The van der Waals surface area contributed by atoms with Crippen molar-refractivity contribution in [1.82, 2.24) is 10.2 Å². The molecular weight excluding hydrogens is 410 g/mol. The molecule has 2 aliphatic heterocycles. The van der Waals surface area contributed by atoms with Crippen LogP contribution < -0.4 is 11.1 Å². The molecule has 1 atom stereocenters. The third-order valence-electron chi connectivity index (χ3n) is 4.93. The highest BCUT2D eigenvalue weighted by atomic mass is 16.4. The summed E-state index contributed by atoms with van der Waals surface area (Å²) < 4.78 is 0. The average Bonchev–Trinajstić information content (AvgIpc) is 3.13. The van der Waals surface area contributed by atoms with Crippen molar-refractivity contribution >= 4 is 23.6 Å². The molecule has 2 amide bonds. The maximum absolute atomic E-state index is 11.8. The van der Waals surface area contributed by atoms with Crippen molar-refractivity contribution in [3.05, 3.63) is 52.9 Å². The van der Waals surface area contributed by atoms with E-state index in [1.807, 2.05) is 11.1 Å². The Hall–Kier alpha value is -4.28. The lowest BCUT2D eigenvalue weighted by atomic mass is 9.99. The third kappa shape index (κ3) is 4.34. The lowest BCUT2D eigenvalue weighted by Crippen LogP contribution is -2.50. The molecule has 0 bridgehead atoms. The summed E-state index contributed by atoms with van der Waals surface area (Å²) in [5, 5.41) is 37.3. The SMILES string of the molecule is NC1=C2CN(C3CCC(=O)NC3=O)C=C2C=CC1=O.O=C(O)c1cc(O)c(O)c(O)c1. The number of rotatable bonds is 2. The van der Waals surface area contributed by atoms with Crippen LogP contribution in [-0.4, -0.2) is 61.5 Å². The van der Waals surface area contributed by atoms with Gasteiger partial charge in [0.25, 0.3) is 0 Å². The van der Waals surface area contributed by atoms with Crippen LogP contribution in [0.3, 0.4) is 0 Å². The summed E-state index contributed by atoms with van der Waals surface area (Å²) in [7, 11) is 0. The number of phenols is 3. The number of amides is 2. The van der Waals surface area contributed by atoms with Gasteiger partial charge >= 0.3 is 5.97 Å². The summed E-state index contributed by atoms with van der Waals surface area (Å²) in [6.07, 6.45) is 5.78. The van der Waals surface area contributed by atoms with Crippen LogP contribution in [0.1, 0.15) is 23.2 Å². The molecule has 0 radical (unpaired) electrons. The van der Waals surface area contributed by atoms with Gasteiger partial charge in [-0.05, 0) is 36.3 Å². The largest absolute Gasteiger partial charge is 0.504 e. The number of imide groups is 1. The minimum absolute atomic E-state index is 0.197.